The second kappa shape index (κ2) is 5.56. The maximum Gasteiger partial charge on any atom is 0.451 e. The van der Waals surface area contributed by atoms with Gasteiger partial charge in [-0.3, -0.25) is 0 Å². The molecule has 0 aromatic heterocycles. The van der Waals surface area contributed by atoms with Crippen molar-refractivity contribution in [3.05, 3.63) is 29.3 Å². The van der Waals surface area contributed by atoms with Crippen molar-refractivity contribution in [3.63, 3.8) is 0 Å². The molecule has 0 radical (unpaired) electrons. The summed E-state index contributed by atoms with van der Waals surface area (Å²) in [5, 5.41) is 17.6. The molecule has 1 aliphatic rings. The monoisotopic (exact) mass is 233 g/mol. The van der Waals surface area contributed by atoms with Crippen molar-refractivity contribution in [2.24, 2.45) is 0 Å². The lowest BCUT2D eigenvalue weighted by Crippen LogP contribution is -2.22. The topological polar surface area (TPSA) is 43.7 Å². The van der Waals surface area contributed by atoms with Gasteiger partial charge in [-0.05, 0) is 43.3 Å². The number of hydrogen-bond donors (Lipinski definition) is 2. The Morgan fingerprint density at radius 2 is 2.12 bits per heavy atom. The van der Waals surface area contributed by atoms with Gasteiger partial charge in [0.25, 0.3) is 0 Å². The van der Waals surface area contributed by atoms with Crippen LogP contribution < -0.4 is 4.90 Å². The predicted octanol–water partition coefficient (Wildman–Crippen LogP) is 1.61. The van der Waals surface area contributed by atoms with Gasteiger partial charge in [-0.25, -0.2) is 0 Å². The molecule has 0 unspecified atom stereocenters. The fraction of sp³-hybridized carbons (Fsp3) is 0.538. The zero-order chi connectivity index (χ0) is 12.3. The number of anilines is 1. The number of nitrogens with zero attached hydrogens (tertiary/aromatic N) is 1. The molecule has 92 valence electrons. The van der Waals surface area contributed by atoms with E-state index in [1.165, 1.54) is 16.8 Å². The lowest BCUT2D eigenvalue weighted by molar-refractivity contribution is 0.402. The molecular weight excluding hydrogens is 213 g/mol. The van der Waals surface area contributed by atoms with Crippen LogP contribution in [0.3, 0.4) is 0 Å². The van der Waals surface area contributed by atoms with Gasteiger partial charge in [0.15, 0.2) is 0 Å². The number of fused-ring (bicyclic) bond motifs is 1. The van der Waals surface area contributed by atoms with Crippen molar-refractivity contribution in [2.45, 2.75) is 32.5 Å². The van der Waals surface area contributed by atoms with E-state index in [4.69, 9.17) is 10.0 Å². The van der Waals surface area contributed by atoms with Crippen molar-refractivity contribution in [2.75, 3.05) is 18.0 Å². The lowest BCUT2D eigenvalue weighted by Gasteiger charge is -2.19. The SMILES string of the molecule is Cc1cccc2c1CCN2CCCCB(O)O. The van der Waals surface area contributed by atoms with Crippen LogP contribution in [0.2, 0.25) is 6.32 Å². The first-order valence-corrected chi connectivity index (χ1v) is 6.38. The fourth-order valence-electron chi connectivity index (χ4n) is 2.54. The molecule has 0 aliphatic carbocycles. The Hall–Kier alpha value is -0.995. The minimum absolute atomic E-state index is 0.481. The molecule has 1 aliphatic heterocycles. The standard InChI is InChI=1S/C13H20BNO2/c1-11-5-4-6-13-12(11)7-10-15(13)9-3-2-8-14(16)17/h4-6,16-17H,2-3,7-10H2,1H3. The third kappa shape index (κ3) is 3.02. The molecular formula is C13H20BNO2. The minimum Gasteiger partial charge on any atom is -0.427 e. The van der Waals surface area contributed by atoms with E-state index < -0.39 is 7.12 Å². The third-order valence-electron chi connectivity index (χ3n) is 3.50. The second-order valence-corrected chi connectivity index (χ2v) is 4.79. The lowest BCUT2D eigenvalue weighted by atomic mass is 9.84. The average Bonchev–Trinajstić information content (AvgIpc) is 2.69. The van der Waals surface area contributed by atoms with Crippen LogP contribution >= 0.6 is 0 Å². The Bertz CT molecular complexity index is 382. The van der Waals surface area contributed by atoms with Crippen molar-refractivity contribution in [3.8, 4) is 0 Å². The number of benzene rings is 1. The minimum atomic E-state index is -1.15. The van der Waals surface area contributed by atoms with Gasteiger partial charge in [-0.15, -0.1) is 0 Å². The van der Waals surface area contributed by atoms with Crippen LogP contribution in [0.5, 0.6) is 0 Å². The molecule has 0 spiro atoms. The number of unbranched alkanes of at least 4 members (excludes halogenated alkanes) is 1. The molecule has 2 rings (SSSR count). The molecule has 0 saturated carbocycles. The second-order valence-electron chi connectivity index (χ2n) is 4.79. The summed E-state index contributed by atoms with van der Waals surface area (Å²) in [7, 11) is -1.15. The van der Waals surface area contributed by atoms with Gasteiger partial charge in [0, 0.05) is 18.8 Å². The summed E-state index contributed by atoms with van der Waals surface area (Å²) in [5.41, 5.74) is 4.24. The molecule has 17 heavy (non-hydrogen) atoms. The number of hydrogen-bond acceptors (Lipinski definition) is 3. The normalized spacial score (nSPS) is 13.9. The van der Waals surface area contributed by atoms with Crippen LogP contribution in [0, 0.1) is 6.92 Å². The summed E-state index contributed by atoms with van der Waals surface area (Å²) >= 11 is 0. The maximum absolute atomic E-state index is 8.78. The van der Waals surface area contributed by atoms with Crippen LogP contribution in [0.4, 0.5) is 5.69 Å². The van der Waals surface area contributed by atoms with Crippen molar-refractivity contribution >= 4 is 12.8 Å². The van der Waals surface area contributed by atoms with Crippen LogP contribution in [-0.2, 0) is 6.42 Å². The van der Waals surface area contributed by atoms with Crippen LogP contribution in [-0.4, -0.2) is 30.3 Å². The number of rotatable bonds is 5. The molecule has 0 bridgehead atoms. The van der Waals surface area contributed by atoms with Gasteiger partial charge in [0.2, 0.25) is 0 Å². The summed E-state index contributed by atoms with van der Waals surface area (Å²) < 4.78 is 0. The van der Waals surface area contributed by atoms with E-state index in [0.717, 1.165) is 32.4 Å². The summed E-state index contributed by atoms with van der Waals surface area (Å²) in [5.74, 6) is 0. The van der Waals surface area contributed by atoms with Gasteiger partial charge in [-0.1, -0.05) is 18.6 Å². The highest BCUT2D eigenvalue weighted by Crippen LogP contribution is 2.30. The quantitative estimate of drug-likeness (QED) is 0.599. The van der Waals surface area contributed by atoms with E-state index in [1.54, 1.807) is 0 Å². The molecule has 0 saturated heterocycles. The smallest absolute Gasteiger partial charge is 0.427 e. The zero-order valence-corrected chi connectivity index (χ0v) is 10.4. The fourth-order valence-corrected chi connectivity index (χ4v) is 2.54. The maximum atomic E-state index is 8.78. The molecule has 1 aromatic rings. The molecule has 0 atom stereocenters. The summed E-state index contributed by atoms with van der Waals surface area (Å²) in [4.78, 5) is 2.41. The van der Waals surface area contributed by atoms with Gasteiger partial charge in [-0.2, -0.15) is 0 Å². The Morgan fingerprint density at radius 1 is 1.29 bits per heavy atom. The largest absolute Gasteiger partial charge is 0.451 e. The van der Waals surface area contributed by atoms with Crippen molar-refractivity contribution in [1.82, 2.24) is 0 Å². The molecule has 0 amide bonds. The number of aryl methyl sites for hydroxylation is 1. The Kier molecular flexibility index (Phi) is 4.08. The Labute approximate surface area is 103 Å². The van der Waals surface area contributed by atoms with Crippen LogP contribution in [0.25, 0.3) is 0 Å². The third-order valence-corrected chi connectivity index (χ3v) is 3.50. The first-order valence-electron chi connectivity index (χ1n) is 6.38. The summed E-state index contributed by atoms with van der Waals surface area (Å²) in [6.07, 6.45) is 3.51. The van der Waals surface area contributed by atoms with E-state index in [-0.39, 0.29) is 0 Å². The Balaban J connectivity index is 1.87. The van der Waals surface area contributed by atoms with Crippen molar-refractivity contribution in [1.29, 1.82) is 0 Å². The van der Waals surface area contributed by atoms with Gasteiger partial charge in [0.1, 0.15) is 0 Å². The van der Waals surface area contributed by atoms with Gasteiger partial charge in [0.05, 0.1) is 0 Å². The van der Waals surface area contributed by atoms with E-state index in [9.17, 15) is 0 Å². The van der Waals surface area contributed by atoms with E-state index in [2.05, 4.69) is 30.0 Å². The van der Waals surface area contributed by atoms with Gasteiger partial charge >= 0.3 is 7.12 Å². The van der Waals surface area contributed by atoms with E-state index in [1.807, 2.05) is 0 Å². The first kappa shape index (κ1) is 12.5. The molecule has 1 heterocycles. The predicted molar refractivity (Wildman–Crippen MR) is 71.3 cm³/mol. The molecule has 1 aromatic carbocycles. The molecule has 0 fully saturated rings. The van der Waals surface area contributed by atoms with Crippen LogP contribution in [0.15, 0.2) is 18.2 Å². The molecule has 4 heteroatoms. The highest BCUT2D eigenvalue weighted by atomic mass is 16.4. The van der Waals surface area contributed by atoms with Crippen molar-refractivity contribution < 1.29 is 10.0 Å². The van der Waals surface area contributed by atoms with E-state index in [0.29, 0.717) is 6.32 Å². The average molecular weight is 233 g/mol. The first-order chi connectivity index (χ1) is 8.18. The van der Waals surface area contributed by atoms with Gasteiger partial charge < -0.3 is 14.9 Å². The zero-order valence-electron chi connectivity index (χ0n) is 10.4. The summed E-state index contributed by atoms with van der Waals surface area (Å²) in [6, 6.07) is 6.48. The summed E-state index contributed by atoms with van der Waals surface area (Å²) in [6.45, 7) is 4.29. The van der Waals surface area contributed by atoms with E-state index >= 15 is 0 Å². The molecule has 3 nitrogen and oxygen atoms in total. The Morgan fingerprint density at radius 3 is 2.88 bits per heavy atom. The van der Waals surface area contributed by atoms with Crippen LogP contribution in [0.1, 0.15) is 24.0 Å². The molecule has 2 N–H and O–H groups in total. The highest BCUT2D eigenvalue weighted by molar-refractivity contribution is 6.40. The highest BCUT2D eigenvalue weighted by Gasteiger charge is 2.19.